The van der Waals surface area contributed by atoms with Gasteiger partial charge in [-0.15, -0.1) is 5.10 Å². The van der Waals surface area contributed by atoms with Gasteiger partial charge in [-0.2, -0.15) is 9.90 Å². The van der Waals surface area contributed by atoms with Crippen LogP contribution in [0.15, 0.2) is 36.5 Å². The van der Waals surface area contributed by atoms with Crippen LogP contribution in [0.25, 0.3) is 0 Å². The lowest BCUT2D eigenvalue weighted by Crippen LogP contribution is -2.32. The summed E-state index contributed by atoms with van der Waals surface area (Å²) in [5, 5.41) is 12.1. The first-order valence-electron chi connectivity index (χ1n) is 8.65. The van der Waals surface area contributed by atoms with Crippen LogP contribution in [-0.4, -0.2) is 45.9 Å². The van der Waals surface area contributed by atoms with E-state index >= 15 is 0 Å². The molecule has 6 heteroatoms. The van der Waals surface area contributed by atoms with Gasteiger partial charge in [-0.3, -0.25) is 4.79 Å². The van der Waals surface area contributed by atoms with Crippen molar-refractivity contribution < 1.29 is 4.79 Å². The minimum absolute atomic E-state index is 0.0442. The Hall–Kier alpha value is -2.21. The lowest BCUT2D eigenvalue weighted by molar-refractivity contribution is 0.0718. The zero-order chi connectivity index (χ0) is 16.9. The van der Waals surface area contributed by atoms with Gasteiger partial charge < -0.3 is 10.2 Å². The third kappa shape index (κ3) is 3.48. The summed E-state index contributed by atoms with van der Waals surface area (Å²) in [6, 6.07) is 10.4. The van der Waals surface area contributed by atoms with Crippen molar-refractivity contribution in [1.82, 2.24) is 25.2 Å². The molecule has 1 aliphatic heterocycles. The number of piperidine rings is 1. The Labute approximate surface area is 142 Å². The van der Waals surface area contributed by atoms with Crippen LogP contribution in [-0.2, 0) is 0 Å². The maximum atomic E-state index is 12.8. The molecule has 0 aliphatic carbocycles. The van der Waals surface area contributed by atoms with Gasteiger partial charge in [-0.1, -0.05) is 37.3 Å². The van der Waals surface area contributed by atoms with E-state index in [2.05, 4.69) is 34.6 Å². The maximum absolute atomic E-state index is 12.8. The van der Waals surface area contributed by atoms with Gasteiger partial charge in [0.1, 0.15) is 0 Å². The Bertz CT molecular complexity index is 663. The van der Waals surface area contributed by atoms with E-state index in [-0.39, 0.29) is 18.0 Å². The van der Waals surface area contributed by atoms with E-state index in [0.29, 0.717) is 5.69 Å². The summed E-state index contributed by atoms with van der Waals surface area (Å²) in [6.45, 7) is 4.04. The number of aromatic nitrogens is 3. The van der Waals surface area contributed by atoms with Crippen molar-refractivity contribution in [3.8, 4) is 0 Å². The molecule has 1 aromatic carbocycles. The second-order valence-corrected chi connectivity index (χ2v) is 6.28. The fourth-order valence-electron chi connectivity index (χ4n) is 3.32. The molecule has 0 spiro atoms. The third-order valence-electron chi connectivity index (χ3n) is 4.72. The van der Waals surface area contributed by atoms with Crippen molar-refractivity contribution in [1.29, 1.82) is 0 Å². The minimum atomic E-state index is -0.0779. The second kappa shape index (κ2) is 7.57. The largest absolute Gasteiger partial charge is 0.333 e. The van der Waals surface area contributed by atoms with Gasteiger partial charge in [0.05, 0.1) is 18.3 Å². The molecular formula is C18H25N5O. The van der Waals surface area contributed by atoms with E-state index < -0.39 is 0 Å². The van der Waals surface area contributed by atoms with Crippen LogP contribution in [0.3, 0.4) is 0 Å². The van der Waals surface area contributed by atoms with E-state index in [1.807, 2.05) is 25.2 Å². The molecular weight excluding hydrogens is 302 g/mol. The predicted molar refractivity (Wildman–Crippen MR) is 92.7 cm³/mol. The Morgan fingerprint density at radius 3 is 2.71 bits per heavy atom. The summed E-state index contributed by atoms with van der Waals surface area (Å²) >= 11 is 0. The standard InChI is InChI=1S/C18H25N5O/c1-3-17(14-7-5-4-6-8-14)22(2)18(24)16-13-20-23(21-16)15-9-11-19-12-10-15/h4-8,13,15,17,19H,3,9-12H2,1-2H3/t17-/m1/s1. The highest BCUT2D eigenvalue weighted by atomic mass is 16.2. The number of hydrogen-bond acceptors (Lipinski definition) is 4. The van der Waals surface area contributed by atoms with E-state index in [1.54, 1.807) is 15.9 Å². The molecule has 0 radical (unpaired) electrons. The van der Waals surface area contributed by atoms with Crippen molar-refractivity contribution in [3.63, 3.8) is 0 Å². The van der Waals surface area contributed by atoms with Gasteiger partial charge in [0.15, 0.2) is 5.69 Å². The number of benzene rings is 1. The molecule has 3 rings (SSSR count). The number of carbonyl (C=O) groups excluding carboxylic acids is 1. The summed E-state index contributed by atoms with van der Waals surface area (Å²) in [5.41, 5.74) is 1.56. The molecule has 0 saturated carbocycles. The number of amides is 1. The van der Waals surface area contributed by atoms with Gasteiger partial charge >= 0.3 is 0 Å². The molecule has 2 aromatic rings. The summed E-state index contributed by atoms with van der Waals surface area (Å²) in [4.78, 5) is 16.3. The molecule has 0 bridgehead atoms. The van der Waals surface area contributed by atoms with Crippen LogP contribution in [0, 0.1) is 0 Å². The summed E-state index contributed by atoms with van der Waals surface area (Å²) in [7, 11) is 1.84. The molecule has 1 atom stereocenters. The Kier molecular flexibility index (Phi) is 5.25. The second-order valence-electron chi connectivity index (χ2n) is 6.28. The third-order valence-corrected chi connectivity index (χ3v) is 4.72. The first-order valence-corrected chi connectivity index (χ1v) is 8.65. The zero-order valence-corrected chi connectivity index (χ0v) is 14.4. The highest BCUT2D eigenvalue weighted by Crippen LogP contribution is 2.24. The average molecular weight is 327 g/mol. The Morgan fingerprint density at radius 1 is 1.33 bits per heavy atom. The maximum Gasteiger partial charge on any atom is 0.276 e. The van der Waals surface area contributed by atoms with Crippen molar-refractivity contribution in [2.24, 2.45) is 0 Å². The lowest BCUT2D eigenvalue weighted by Gasteiger charge is -2.27. The van der Waals surface area contributed by atoms with E-state index in [9.17, 15) is 4.79 Å². The van der Waals surface area contributed by atoms with Crippen LogP contribution in [0.1, 0.15) is 54.3 Å². The number of nitrogens with one attached hydrogen (secondary N) is 1. The predicted octanol–water partition coefficient (Wildman–Crippen LogP) is 2.43. The summed E-state index contributed by atoms with van der Waals surface area (Å²) in [5.74, 6) is -0.0779. The number of nitrogens with zero attached hydrogens (tertiary/aromatic N) is 4. The minimum Gasteiger partial charge on any atom is -0.333 e. The van der Waals surface area contributed by atoms with Gasteiger partial charge in [0.25, 0.3) is 5.91 Å². The molecule has 1 aliphatic rings. The normalized spacial score (nSPS) is 16.8. The van der Waals surface area contributed by atoms with Crippen molar-refractivity contribution in [3.05, 3.63) is 47.8 Å². The van der Waals surface area contributed by atoms with E-state index in [0.717, 1.165) is 37.9 Å². The summed E-state index contributed by atoms with van der Waals surface area (Å²) < 4.78 is 0. The van der Waals surface area contributed by atoms with Crippen LogP contribution in [0.4, 0.5) is 0 Å². The summed E-state index contributed by atoms with van der Waals surface area (Å²) in [6.07, 6.45) is 4.45. The zero-order valence-electron chi connectivity index (χ0n) is 14.4. The lowest BCUT2D eigenvalue weighted by atomic mass is 10.0. The highest BCUT2D eigenvalue weighted by Gasteiger charge is 2.25. The quantitative estimate of drug-likeness (QED) is 0.916. The monoisotopic (exact) mass is 327 g/mol. The van der Waals surface area contributed by atoms with Crippen LogP contribution < -0.4 is 5.32 Å². The molecule has 1 amide bonds. The Balaban J connectivity index is 1.74. The molecule has 24 heavy (non-hydrogen) atoms. The van der Waals surface area contributed by atoms with Gasteiger partial charge in [-0.05, 0) is 37.9 Å². The molecule has 128 valence electrons. The number of carbonyl (C=O) groups is 1. The average Bonchev–Trinajstić information content (AvgIpc) is 3.13. The van der Waals surface area contributed by atoms with E-state index in [4.69, 9.17) is 0 Å². The molecule has 0 unspecified atom stereocenters. The number of hydrogen-bond donors (Lipinski definition) is 1. The first-order chi connectivity index (χ1) is 11.7. The molecule has 1 fully saturated rings. The highest BCUT2D eigenvalue weighted by molar-refractivity contribution is 5.92. The SMILES string of the molecule is CC[C@H](c1ccccc1)N(C)C(=O)c1cnn(C2CCNCC2)n1. The fraction of sp³-hybridized carbons (Fsp3) is 0.500. The van der Waals surface area contributed by atoms with Gasteiger partial charge in [-0.25, -0.2) is 0 Å². The van der Waals surface area contributed by atoms with Crippen LogP contribution >= 0.6 is 0 Å². The van der Waals surface area contributed by atoms with Crippen LogP contribution in [0.5, 0.6) is 0 Å². The van der Waals surface area contributed by atoms with Gasteiger partial charge in [0, 0.05) is 7.05 Å². The van der Waals surface area contributed by atoms with Crippen molar-refractivity contribution in [2.45, 2.75) is 38.3 Å². The number of rotatable bonds is 5. The van der Waals surface area contributed by atoms with Crippen LogP contribution in [0.2, 0.25) is 0 Å². The molecule has 1 saturated heterocycles. The molecule has 1 N–H and O–H groups in total. The first kappa shape index (κ1) is 16.6. The molecule has 2 heterocycles. The van der Waals surface area contributed by atoms with Crippen molar-refractivity contribution in [2.75, 3.05) is 20.1 Å². The molecule has 6 nitrogen and oxygen atoms in total. The smallest absolute Gasteiger partial charge is 0.276 e. The molecule has 1 aromatic heterocycles. The van der Waals surface area contributed by atoms with Gasteiger partial charge in [0.2, 0.25) is 0 Å². The fourth-order valence-corrected chi connectivity index (χ4v) is 3.32. The Morgan fingerprint density at radius 2 is 2.04 bits per heavy atom. The topological polar surface area (TPSA) is 63.1 Å². The van der Waals surface area contributed by atoms with Crippen molar-refractivity contribution >= 4 is 5.91 Å². The van der Waals surface area contributed by atoms with E-state index in [1.165, 1.54) is 0 Å².